The van der Waals surface area contributed by atoms with E-state index in [1.54, 1.807) is 11.3 Å². The molecule has 1 heterocycles. The van der Waals surface area contributed by atoms with Gasteiger partial charge in [0.25, 0.3) is 0 Å². The lowest BCUT2D eigenvalue weighted by Gasteiger charge is -2.11. The van der Waals surface area contributed by atoms with Gasteiger partial charge in [0.2, 0.25) is 0 Å². The van der Waals surface area contributed by atoms with Gasteiger partial charge in [-0.3, -0.25) is 0 Å². The number of thiophene rings is 1. The highest BCUT2D eigenvalue weighted by Gasteiger charge is 2.06. The molecule has 0 spiro atoms. The third-order valence-corrected chi connectivity index (χ3v) is 4.28. The molecule has 0 saturated heterocycles. The van der Waals surface area contributed by atoms with Crippen molar-refractivity contribution >= 4 is 27.3 Å². The predicted molar refractivity (Wildman–Crippen MR) is 80.3 cm³/mol. The van der Waals surface area contributed by atoms with Crippen LogP contribution in [-0.4, -0.2) is 6.61 Å². The molecule has 0 radical (unpaired) electrons. The van der Waals surface area contributed by atoms with Gasteiger partial charge in [0, 0.05) is 21.8 Å². The molecule has 0 aliphatic rings. The normalized spacial score (nSPS) is 12.4. The summed E-state index contributed by atoms with van der Waals surface area (Å²) in [7, 11) is 0. The van der Waals surface area contributed by atoms with Crippen LogP contribution >= 0.6 is 27.3 Å². The quantitative estimate of drug-likeness (QED) is 0.896. The summed E-state index contributed by atoms with van der Waals surface area (Å²) in [5.41, 5.74) is 6.96. The van der Waals surface area contributed by atoms with Gasteiger partial charge in [-0.05, 0) is 36.1 Å². The van der Waals surface area contributed by atoms with Crippen LogP contribution in [0.25, 0.3) is 0 Å². The number of hydrogen-bond donors (Lipinski definition) is 1. The highest BCUT2D eigenvalue weighted by molar-refractivity contribution is 9.10. The topological polar surface area (TPSA) is 35.2 Å². The first-order valence-corrected chi connectivity index (χ1v) is 7.54. The highest BCUT2D eigenvalue weighted by Crippen LogP contribution is 2.26. The Balaban J connectivity index is 1.92. The minimum absolute atomic E-state index is 0.0274. The van der Waals surface area contributed by atoms with Crippen LogP contribution in [0.2, 0.25) is 0 Å². The van der Waals surface area contributed by atoms with Gasteiger partial charge in [0.15, 0.2) is 0 Å². The fourth-order valence-corrected chi connectivity index (χ4v) is 3.10. The van der Waals surface area contributed by atoms with Crippen molar-refractivity contribution in [2.45, 2.75) is 19.4 Å². The van der Waals surface area contributed by atoms with Crippen LogP contribution in [0.1, 0.15) is 23.4 Å². The summed E-state index contributed by atoms with van der Waals surface area (Å²) in [6.45, 7) is 2.67. The zero-order chi connectivity index (χ0) is 13.0. The maximum Gasteiger partial charge on any atom is 0.120 e. The molecule has 2 aromatic rings. The molecule has 18 heavy (non-hydrogen) atoms. The monoisotopic (exact) mass is 325 g/mol. The molecule has 2 rings (SSSR count). The summed E-state index contributed by atoms with van der Waals surface area (Å²) in [6.07, 6.45) is 0.949. The second kappa shape index (κ2) is 6.36. The Hall–Kier alpha value is -0.840. The van der Waals surface area contributed by atoms with Crippen LogP contribution in [0.15, 0.2) is 40.2 Å². The molecule has 2 nitrogen and oxygen atoms in total. The minimum atomic E-state index is 0.0274. The summed E-state index contributed by atoms with van der Waals surface area (Å²) in [4.78, 5) is 1.35. The lowest BCUT2D eigenvalue weighted by molar-refractivity contribution is 0.322. The van der Waals surface area contributed by atoms with Crippen molar-refractivity contribution < 1.29 is 4.74 Å². The van der Waals surface area contributed by atoms with E-state index in [4.69, 9.17) is 10.5 Å². The fourth-order valence-electron chi connectivity index (χ4n) is 1.69. The van der Waals surface area contributed by atoms with Crippen LogP contribution in [0.3, 0.4) is 0 Å². The SMILES string of the molecule is C[C@@H](N)c1ccc(OCCc2cccs2)cc1Br. The smallest absolute Gasteiger partial charge is 0.120 e. The Morgan fingerprint density at radius 2 is 2.22 bits per heavy atom. The lowest BCUT2D eigenvalue weighted by atomic mass is 10.1. The molecule has 0 unspecified atom stereocenters. The molecule has 0 aliphatic carbocycles. The molecule has 2 N–H and O–H groups in total. The van der Waals surface area contributed by atoms with Crippen molar-refractivity contribution in [1.29, 1.82) is 0 Å². The highest BCUT2D eigenvalue weighted by atomic mass is 79.9. The van der Waals surface area contributed by atoms with Gasteiger partial charge in [-0.2, -0.15) is 0 Å². The molecule has 96 valence electrons. The molecular weight excluding hydrogens is 310 g/mol. The van der Waals surface area contributed by atoms with Gasteiger partial charge in [0.05, 0.1) is 6.61 Å². The first-order chi connectivity index (χ1) is 8.66. The van der Waals surface area contributed by atoms with E-state index in [2.05, 4.69) is 33.4 Å². The van der Waals surface area contributed by atoms with Crippen LogP contribution in [0.5, 0.6) is 5.75 Å². The van der Waals surface area contributed by atoms with E-state index in [-0.39, 0.29) is 6.04 Å². The molecule has 0 fully saturated rings. The molecule has 1 aromatic carbocycles. The van der Waals surface area contributed by atoms with Crippen molar-refractivity contribution in [2.24, 2.45) is 5.73 Å². The van der Waals surface area contributed by atoms with E-state index in [0.717, 1.165) is 22.2 Å². The Kier molecular flexibility index (Phi) is 4.80. The van der Waals surface area contributed by atoms with Crippen molar-refractivity contribution in [2.75, 3.05) is 6.61 Å². The summed E-state index contributed by atoms with van der Waals surface area (Å²) in [5, 5.41) is 2.09. The average molecular weight is 326 g/mol. The molecule has 1 aromatic heterocycles. The van der Waals surface area contributed by atoms with Crippen LogP contribution in [0.4, 0.5) is 0 Å². The number of nitrogens with two attached hydrogens (primary N) is 1. The maximum atomic E-state index is 5.86. The number of halogens is 1. The van der Waals surface area contributed by atoms with Crippen molar-refractivity contribution in [1.82, 2.24) is 0 Å². The zero-order valence-electron chi connectivity index (χ0n) is 10.2. The van der Waals surface area contributed by atoms with Crippen molar-refractivity contribution in [3.63, 3.8) is 0 Å². The van der Waals surface area contributed by atoms with E-state index < -0.39 is 0 Å². The van der Waals surface area contributed by atoms with Gasteiger partial charge in [-0.15, -0.1) is 11.3 Å². The van der Waals surface area contributed by atoms with E-state index in [1.165, 1.54) is 4.88 Å². The van der Waals surface area contributed by atoms with Gasteiger partial charge >= 0.3 is 0 Å². The van der Waals surface area contributed by atoms with E-state index in [0.29, 0.717) is 6.61 Å². The Bertz CT molecular complexity index is 497. The van der Waals surface area contributed by atoms with E-state index in [1.807, 2.05) is 25.1 Å². The third-order valence-electron chi connectivity index (χ3n) is 2.66. The van der Waals surface area contributed by atoms with Crippen molar-refractivity contribution in [3.8, 4) is 5.75 Å². The average Bonchev–Trinajstić information content (AvgIpc) is 2.81. The molecular formula is C14H16BrNOS. The Morgan fingerprint density at radius 3 is 2.83 bits per heavy atom. The Morgan fingerprint density at radius 1 is 1.39 bits per heavy atom. The summed E-state index contributed by atoms with van der Waals surface area (Å²) in [5.74, 6) is 0.878. The van der Waals surface area contributed by atoms with Gasteiger partial charge in [-0.1, -0.05) is 28.1 Å². The second-order valence-corrected chi connectivity index (χ2v) is 6.04. The zero-order valence-corrected chi connectivity index (χ0v) is 12.6. The summed E-state index contributed by atoms with van der Waals surface area (Å²) < 4.78 is 6.74. The first kappa shape index (κ1) is 13.6. The minimum Gasteiger partial charge on any atom is -0.493 e. The first-order valence-electron chi connectivity index (χ1n) is 5.87. The summed E-state index contributed by atoms with van der Waals surface area (Å²) >= 11 is 5.28. The number of rotatable bonds is 5. The van der Waals surface area contributed by atoms with Gasteiger partial charge < -0.3 is 10.5 Å². The molecule has 0 bridgehead atoms. The number of benzene rings is 1. The summed E-state index contributed by atoms with van der Waals surface area (Å²) in [6, 6.07) is 10.2. The largest absolute Gasteiger partial charge is 0.493 e. The van der Waals surface area contributed by atoms with Gasteiger partial charge in [0.1, 0.15) is 5.75 Å². The maximum absolute atomic E-state index is 5.86. The third kappa shape index (κ3) is 3.57. The standard InChI is InChI=1S/C14H16BrNOS/c1-10(16)13-5-4-11(9-14(13)15)17-7-6-12-3-2-8-18-12/h2-5,8-10H,6-7,16H2,1H3/t10-/m1/s1. The van der Waals surface area contributed by atoms with Crippen LogP contribution in [0, 0.1) is 0 Å². The van der Waals surface area contributed by atoms with E-state index in [9.17, 15) is 0 Å². The Labute approximate surface area is 120 Å². The number of ether oxygens (including phenoxy) is 1. The fraction of sp³-hybridized carbons (Fsp3) is 0.286. The molecule has 0 saturated carbocycles. The van der Waals surface area contributed by atoms with Gasteiger partial charge in [-0.25, -0.2) is 0 Å². The molecule has 1 atom stereocenters. The van der Waals surface area contributed by atoms with Crippen molar-refractivity contribution in [3.05, 3.63) is 50.6 Å². The predicted octanol–water partition coefficient (Wildman–Crippen LogP) is 4.15. The van der Waals surface area contributed by atoms with Crippen LogP contribution < -0.4 is 10.5 Å². The van der Waals surface area contributed by atoms with E-state index >= 15 is 0 Å². The second-order valence-electron chi connectivity index (χ2n) is 4.15. The molecule has 0 amide bonds. The number of hydrogen-bond acceptors (Lipinski definition) is 3. The molecule has 4 heteroatoms. The molecule has 0 aliphatic heterocycles. The lowest BCUT2D eigenvalue weighted by Crippen LogP contribution is -2.06. The van der Waals surface area contributed by atoms with Crippen LogP contribution in [-0.2, 0) is 6.42 Å².